The molecule has 23 heavy (non-hydrogen) atoms. The van der Waals surface area contributed by atoms with E-state index in [-0.39, 0.29) is 23.4 Å². The Bertz CT molecular complexity index is 744. The minimum Gasteiger partial charge on any atom is -0.497 e. The molecule has 0 saturated heterocycles. The van der Waals surface area contributed by atoms with Gasteiger partial charge < -0.3 is 10.1 Å². The summed E-state index contributed by atoms with van der Waals surface area (Å²) in [5.41, 5.74) is 1.90. The van der Waals surface area contributed by atoms with Crippen molar-refractivity contribution in [2.45, 2.75) is 32.4 Å². The first-order chi connectivity index (χ1) is 11.1. The van der Waals surface area contributed by atoms with Crippen molar-refractivity contribution in [2.75, 3.05) is 7.11 Å². The van der Waals surface area contributed by atoms with E-state index < -0.39 is 0 Å². The Morgan fingerprint density at radius 2 is 2.09 bits per heavy atom. The van der Waals surface area contributed by atoms with Gasteiger partial charge in [0.25, 0.3) is 0 Å². The lowest BCUT2D eigenvalue weighted by molar-refractivity contribution is -0.122. The van der Waals surface area contributed by atoms with Crippen LogP contribution in [-0.4, -0.2) is 17.6 Å². The van der Waals surface area contributed by atoms with Gasteiger partial charge in [-0.2, -0.15) is 0 Å². The Morgan fingerprint density at radius 3 is 2.61 bits per heavy atom. The number of rotatable bonds is 6. The number of methoxy groups -OCH3 is 1. The average molecular weight is 332 g/mol. The third-order valence-electron chi connectivity index (χ3n) is 4.16. The van der Waals surface area contributed by atoms with Crippen molar-refractivity contribution in [3.8, 4) is 5.75 Å². The number of aromatic nitrogens is 1. The fourth-order valence-electron chi connectivity index (χ4n) is 2.67. The number of carbonyl (C=O) groups excluding carboxylic acids is 1. The fraction of sp³-hybridized carbons (Fsp3) is 0.412. The highest BCUT2D eigenvalue weighted by molar-refractivity contribution is 7.07. The zero-order valence-corrected chi connectivity index (χ0v) is 14.1. The molecule has 1 unspecified atom stereocenters. The normalized spacial score (nSPS) is 15.2. The van der Waals surface area contributed by atoms with E-state index >= 15 is 0 Å². The Hall–Kier alpha value is -2.08. The molecule has 1 atom stereocenters. The molecule has 1 saturated carbocycles. The molecule has 1 heterocycles. The molecule has 1 aliphatic rings. The van der Waals surface area contributed by atoms with Crippen LogP contribution in [0.5, 0.6) is 5.75 Å². The van der Waals surface area contributed by atoms with E-state index in [2.05, 4.69) is 5.32 Å². The van der Waals surface area contributed by atoms with E-state index in [4.69, 9.17) is 4.74 Å². The molecule has 0 aliphatic heterocycles. The minimum atomic E-state index is -0.124. The monoisotopic (exact) mass is 332 g/mol. The van der Waals surface area contributed by atoms with Crippen LogP contribution in [0.4, 0.5) is 0 Å². The summed E-state index contributed by atoms with van der Waals surface area (Å²) in [5, 5.41) is 4.87. The van der Waals surface area contributed by atoms with Gasteiger partial charge >= 0.3 is 4.87 Å². The van der Waals surface area contributed by atoms with Crippen LogP contribution in [0.1, 0.15) is 30.1 Å². The highest BCUT2D eigenvalue weighted by atomic mass is 32.1. The second kappa shape index (κ2) is 6.58. The molecule has 1 fully saturated rings. The fourth-order valence-corrected chi connectivity index (χ4v) is 3.41. The van der Waals surface area contributed by atoms with Gasteiger partial charge in [0.2, 0.25) is 5.91 Å². The number of hydrogen-bond donors (Lipinski definition) is 1. The van der Waals surface area contributed by atoms with Crippen LogP contribution >= 0.6 is 11.3 Å². The maximum absolute atomic E-state index is 12.4. The zero-order chi connectivity index (χ0) is 16.4. The molecule has 1 aromatic heterocycles. The maximum Gasteiger partial charge on any atom is 0.307 e. The lowest BCUT2D eigenvalue weighted by Crippen LogP contribution is -2.34. The van der Waals surface area contributed by atoms with Crippen molar-refractivity contribution in [2.24, 2.45) is 5.92 Å². The molecule has 1 aliphatic carbocycles. The number of ether oxygens (including phenoxy) is 1. The van der Waals surface area contributed by atoms with Crippen LogP contribution in [0.2, 0.25) is 0 Å². The second-order valence-electron chi connectivity index (χ2n) is 5.88. The molecule has 6 heteroatoms. The summed E-state index contributed by atoms with van der Waals surface area (Å²) in [6.45, 7) is 1.92. The lowest BCUT2D eigenvalue weighted by atomic mass is 10.0. The molecule has 1 aromatic carbocycles. The number of thiazole rings is 1. The molecule has 0 radical (unpaired) electrons. The molecule has 2 aromatic rings. The minimum absolute atomic E-state index is 0.00282. The number of nitrogens with one attached hydrogen (secondary N) is 1. The summed E-state index contributed by atoms with van der Waals surface area (Å²) in [6, 6.07) is 7.80. The van der Waals surface area contributed by atoms with Gasteiger partial charge in [0.15, 0.2) is 0 Å². The first-order valence-corrected chi connectivity index (χ1v) is 8.54. The number of carbonyl (C=O) groups is 1. The van der Waals surface area contributed by atoms with Crippen LogP contribution < -0.4 is 14.9 Å². The predicted octanol–water partition coefficient (Wildman–Crippen LogP) is 2.49. The Labute approximate surface area is 138 Å². The molecule has 1 amide bonds. The van der Waals surface area contributed by atoms with Crippen molar-refractivity contribution in [1.82, 2.24) is 9.88 Å². The molecular weight excluding hydrogens is 312 g/mol. The van der Waals surface area contributed by atoms with Crippen LogP contribution in [0.25, 0.3) is 0 Å². The van der Waals surface area contributed by atoms with Gasteiger partial charge in [-0.1, -0.05) is 23.5 Å². The Morgan fingerprint density at radius 1 is 1.39 bits per heavy atom. The van der Waals surface area contributed by atoms with E-state index in [0.717, 1.165) is 41.2 Å². The van der Waals surface area contributed by atoms with Crippen molar-refractivity contribution in [3.05, 3.63) is 50.6 Å². The van der Waals surface area contributed by atoms with Crippen LogP contribution in [0.3, 0.4) is 0 Å². The molecule has 3 rings (SSSR count). The number of amides is 1. The molecular formula is C17H20N2O3S. The van der Waals surface area contributed by atoms with Crippen molar-refractivity contribution < 1.29 is 9.53 Å². The first kappa shape index (κ1) is 15.8. The molecule has 122 valence electrons. The summed E-state index contributed by atoms with van der Waals surface area (Å²) in [6.07, 6.45) is 2.24. The van der Waals surface area contributed by atoms with Gasteiger partial charge in [0.05, 0.1) is 13.2 Å². The van der Waals surface area contributed by atoms with E-state index in [0.29, 0.717) is 5.92 Å². The van der Waals surface area contributed by atoms with E-state index in [1.165, 1.54) is 4.57 Å². The van der Waals surface area contributed by atoms with Crippen LogP contribution in [0, 0.1) is 12.8 Å². The van der Waals surface area contributed by atoms with Gasteiger partial charge in [-0.25, -0.2) is 0 Å². The highest BCUT2D eigenvalue weighted by Crippen LogP contribution is 2.41. The molecule has 1 N–H and O–H groups in total. The quantitative estimate of drug-likeness (QED) is 0.884. The summed E-state index contributed by atoms with van der Waals surface area (Å²) in [7, 11) is 1.63. The number of benzene rings is 1. The summed E-state index contributed by atoms with van der Waals surface area (Å²) < 4.78 is 6.69. The largest absolute Gasteiger partial charge is 0.497 e. The number of aryl methyl sites for hydroxylation is 1. The van der Waals surface area contributed by atoms with Gasteiger partial charge in [-0.3, -0.25) is 14.2 Å². The van der Waals surface area contributed by atoms with Gasteiger partial charge in [0.1, 0.15) is 12.3 Å². The Kier molecular flexibility index (Phi) is 4.52. The molecule has 0 spiro atoms. The standard InChI is InChI=1S/C17H20N2O3S/c1-11-10-23-17(21)19(11)9-15(20)18-16(12-3-4-12)13-5-7-14(22-2)8-6-13/h5-8,10,12,16H,3-4,9H2,1-2H3,(H,18,20). The number of hydrogen-bond acceptors (Lipinski definition) is 4. The predicted molar refractivity (Wildman–Crippen MR) is 89.9 cm³/mol. The van der Waals surface area contributed by atoms with E-state index in [1.807, 2.05) is 31.2 Å². The third kappa shape index (κ3) is 3.64. The second-order valence-corrected chi connectivity index (χ2v) is 6.71. The maximum atomic E-state index is 12.4. The smallest absolute Gasteiger partial charge is 0.307 e. The SMILES string of the molecule is COc1ccc(C(NC(=O)Cn2c(C)csc2=O)C2CC2)cc1. The van der Waals surface area contributed by atoms with Crippen molar-refractivity contribution >= 4 is 17.2 Å². The van der Waals surface area contributed by atoms with Crippen molar-refractivity contribution in [1.29, 1.82) is 0 Å². The summed E-state index contributed by atoms with van der Waals surface area (Å²) in [5.74, 6) is 1.16. The molecule has 5 nitrogen and oxygen atoms in total. The highest BCUT2D eigenvalue weighted by Gasteiger charge is 2.33. The van der Waals surface area contributed by atoms with Gasteiger partial charge in [-0.15, -0.1) is 0 Å². The summed E-state index contributed by atoms with van der Waals surface area (Å²) in [4.78, 5) is 24.0. The van der Waals surface area contributed by atoms with Crippen LogP contribution in [-0.2, 0) is 11.3 Å². The van der Waals surface area contributed by atoms with E-state index in [9.17, 15) is 9.59 Å². The van der Waals surface area contributed by atoms with Crippen LogP contribution in [0.15, 0.2) is 34.4 Å². The third-order valence-corrected chi connectivity index (χ3v) is 5.04. The zero-order valence-electron chi connectivity index (χ0n) is 13.2. The lowest BCUT2D eigenvalue weighted by Gasteiger charge is -2.19. The van der Waals surface area contributed by atoms with Gasteiger partial charge in [0, 0.05) is 11.1 Å². The summed E-state index contributed by atoms with van der Waals surface area (Å²) >= 11 is 1.12. The number of nitrogens with zero attached hydrogens (tertiary/aromatic N) is 1. The average Bonchev–Trinajstić information content (AvgIpc) is 3.35. The first-order valence-electron chi connectivity index (χ1n) is 7.66. The van der Waals surface area contributed by atoms with Gasteiger partial charge in [-0.05, 0) is 43.4 Å². The Balaban J connectivity index is 1.72. The van der Waals surface area contributed by atoms with E-state index in [1.54, 1.807) is 12.5 Å². The molecule has 0 bridgehead atoms. The van der Waals surface area contributed by atoms with Crippen molar-refractivity contribution in [3.63, 3.8) is 0 Å². The topological polar surface area (TPSA) is 60.3 Å².